The Morgan fingerprint density at radius 1 is 1.20 bits per heavy atom. The van der Waals surface area contributed by atoms with E-state index >= 15 is 0 Å². The monoisotopic (exact) mass is 613 g/mol. The predicted octanol–water partition coefficient (Wildman–Crippen LogP) is 4.11. The second-order valence-electron chi connectivity index (χ2n) is 10.8. The number of likely N-dealkylation sites (tertiary alicyclic amines) is 1. The minimum Gasteiger partial charge on any atom is -0.444 e. The van der Waals surface area contributed by atoms with E-state index in [1.165, 1.54) is 9.80 Å². The summed E-state index contributed by atoms with van der Waals surface area (Å²) < 4.78 is 10.6. The van der Waals surface area contributed by atoms with Gasteiger partial charge in [0.15, 0.2) is 0 Å². The third-order valence-corrected chi connectivity index (χ3v) is 7.29. The number of rotatable bonds is 11. The summed E-state index contributed by atoms with van der Waals surface area (Å²) in [7, 11) is 1.56. The van der Waals surface area contributed by atoms with E-state index in [4.69, 9.17) is 42.5 Å². The highest BCUT2D eigenvalue weighted by Crippen LogP contribution is 2.51. The maximum atomic E-state index is 14.1. The number of carbonyl (C=O) groups is 4. The highest BCUT2D eigenvalue weighted by molar-refractivity contribution is 6.35. The molecular weight excluding hydrogens is 577 g/mol. The summed E-state index contributed by atoms with van der Waals surface area (Å²) in [4.78, 5) is 67.0. The molecule has 0 aromatic heterocycles. The van der Waals surface area contributed by atoms with E-state index in [0.717, 1.165) is 0 Å². The zero-order chi connectivity index (χ0) is 30.4. The van der Waals surface area contributed by atoms with E-state index in [0.29, 0.717) is 40.9 Å². The van der Waals surface area contributed by atoms with E-state index in [1.54, 1.807) is 59.1 Å². The lowest BCUT2D eigenvalue weighted by Crippen LogP contribution is -2.54. The number of carbonyl (C=O) groups excluding carboxylic acids is 4. The summed E-state index contributed by atoms with van der Waals surface area (Å²) in [6, 6.07) is 4.88. The summed E-state index contributed by atoms with van der Waals surface area (Å²) in [5.41, 5.74) is -1.67. The van der Waals surface area contributed by atoms with Crippen molar-refractivity contribution in [2.45, 2.75) is 52.7 Å². The predicted molar refractivity (Wildman–Crippen MR) is 151 cm³/mol. The van der Waals surface area contributed by atoms with Crippen LogP contribution in [0.5, 0.6) is 0 Å². The van der Waals surface area contributed by atoms with Crippen LogP contribution in [-0.2, 0) is 40.2 Å². The van der Waals surface area contributed by atoms with Gasteiger partial charge in [-0.15, -0.1) is 0 Å². The van der Waals surface area contributed by atoms with Crippen LogP contribution in [0.1, 0.15) is 46.1 Å². The highest BCUT2D eigenvalue weighted by Gasteiger charge is 2.64. The molecule has 1 saturated heterocycles. The lowest BCUT2D eigenvalue weighted by molar-refractivity contribution is -0.279. The third kappa shape index (κ3) is 7.71. The molecule has 1 aromatic carbocycles. The van der Waals surface area contributed by atoms with Gasteiger partial charge in [0.2, 0.25) is 11.8 Å². The molecule has 13 heteroatoms. The zero-order valence-corrected chi connectivity index (χ0v) is 25.5. The van der Waals surface area contributed by atoms with Crippen LogP contribution in [0.3, 0.4) is 0 Å². The van der Waals surface area contributed by atoms with Crippen molar-refractivity contribution in [2.75, 3.05) is 40.0 Å². The van der Waals surface area contributed by atoms with E-state index < -0.39 is 40.8 Å². The molecule has 41 heavy (non-hydrogen) atoms. The van der Waals surface area contributed by atoms with Gasteiger partial charge in [-0.05, 0) is 57.9 Å². The Morgan fingerprint density at radius 3 is 2.56 bits per heavy atom. The Hall–Kier alpha value is -2.86. The topological polar surface area (TPSA) is 124 Å². The molecule has 3 amide bonds. The molecule has 0 saturated carbocycles. The molecule has 226 valence electrons. The van der Waals surface area contributed by atoms with Crippen LogP contribution in [-0.4, -0.2) is 79.2 Å². The Labute approximate surface area is 249 Å². The Bertz CT molecular complexity index is 1190. The molecule has 0 bridgehead atoms. The number of nitrogens with zero attached hydrogens (tertiary/aromatic N) is 2. The standard InChI is InChI=1S/C28H37Cl2N3O8/c1-6-39-41-25(36)28-17-32(26(37)40-27(2,3)4)12-10-22(28)33(16-18-8-9-19(29)14-21(18)30)24(35)20(28)15-23(34)31-11-7-13-38-5/h8-10,14,20H,6-7,11-13,15-17H2,1-5H3,(H,31,34)/t20-,28-/m1/s1. The first-order chi connectivity index (χ1) is 19.3. The van der Waals surface area contributed by atoms with Crippen molar-refractivity contribution >= 4 is 47.1 Å². The molecule has 1 N–H and O–H groups in total. The number of amides is 3. The van der Waals surface area contributed by atoms with Gasteiger partial charge in [-0.1, -0.05) is 29.3 Å². The first-order valence-electron chi connectivity index (χ1n) is 13.4. The van der Waals surface area contributed by atoms with Gasteiger partial charge in [0.25, 0.3) is 0 Å². The number of halogens is 2. The van der Waals surface area contributed by atoms with Gasteiger partial charge in [-0.25, -0.2) is 9.59 Å². The molecule has 0 aliphatic carbocycles. The first-order valence-corrected chi connectivity index (χ1v) is 14.1. The summed E-state index contributed by atoms with van der Waals surface area (Å²) in [6.45, 7) is 7.42. The largest absolute Gasteiger partial charge is 0.444 e. The SMILES string of the molecule is CCOOC(=O)[C@@]12CN(C(=O)OC(C)(C)C)CC=C1N(Cc1ccc(Cl)cc1Cl)C(=O)[C@H]2CC(=O)NCCCOC. The minimum absolute atomic E-state index is 0.00271. The van der Waals surface area contributed by atoms with E-state index in [1.807, 2.05) is 0 Å². The molecule has 3 rings (SSSR count). The maximum absolute atomic E-state index is 14.1. The highest BCUT2D eigenvalue weighted by atomic mass is 35.5. The van der Waals surface area contributed by atoms with Crippen molar-refractivity contribution in [1.82, 2.24) is 15.1 Å². The second-order valence-corrected chi connectivity index (χ2v) is 11.7. The van der Waals surface area contributed by atoms with Crippen molar-refractivity contribution in [3.63, 3.8) is 0 Å². The molecule has 1 aromatic rings. The Morgan fingerprint density at radius 2 is 1.93 bits per heavy atom. The average Bonchev–Trinajstić information content (AvgIpc) is 3.13. The fourth-order valence-electron chi connectivity index (χ4n) is 4.89. The smallest absolute Gasteiger partial charge is 0.410 e. The minimum atomic E-state index is -1.75. The Kier molecular flexibility index (Phi) is 11.0. The van der Waals surface area contributed by atoms with Crippen LogP contribution in [0.2, 0.25) is 10.0 Å². The third-order valence-electron chi connectivity index (χ3n) is 6.70. The molecule has 2 aliphatic rings. The lowest BCUT2D eigenvalue weighted by Gasteiger charge is -2.40. The van der Waals surface area contributed by atoms with Crippen LogP contribution >= 0.6 is 23.2 Å². The number of hydrogen-bond donors (Lipinski definition) is 1. The fourth-order valence-corrected chi connectivity index (χ4v) is 5.36. The number of ether oxygens (including phenoxy) is 2. The van der Waals surface area contributed by atoms with Crippen molar-refractivity contribution in [3.05, 3.63) is 45.6 Å². The van der Waals surface area contributed by atoms with Crippen LogP contribution in [0, 0.1) is 11.3 Å². The first kappa shape index (κ1) is 32.7. The van der Waals surface area contributed by atoms with Crippen LogP contribution in [0.25, 0.3) is 0 Å². The molecule has 11 nitrogen and oxygen atoms in total. The molecule has 1 fully saturated rings. The maximum Gasteiger partial charge on any atom is 0.410 e. The molecule has 2 aliphatic heterocycles. The van der Waals surface area contributed by atoms with Gasteiger partial charge in [-0.3, -0.25) is 14.5 Å². The molecule has 2 atom stereocenters. The molecular formula is C28H37Cl2N3O8. The van der Waals surface area contributed by atoms with Gasteiger partial charge in [0.05, 0.1) is 19.1 Å². The lowest BCUT2D eigenvalue weighted by atomic mass is 9.72. The summed E-state index contributed by atoms with van der Waals surface area (Å²) in [6.07, 6.45) is 1.17. The molecule has 0 radical (unpaired) electrons. The number of nitrogens with one attached hydrogen (secondary N) is 1. The van der Waals surface area contributed by atoms with Gasteiger partial charge in [0.1, 0.15) is 11.0 Å². The van der Waals surface area contributed by atoms with Crippen molar-refractivity contribution in [2.24, 2.45) is 11.3 Å². The quantitative estimate of drug-likeness (QED) is 0.225. The normalized spacial score (nSPS) is 20.4. The van der Waals surface area contributed by atoms with E-state index in [9.17, 15) is 19.2 Å². The van der Waals surface area contributed by atoms with Gasteiger partial charge in [0, 0.05) is 55.5 Å². The van der Waals surface area contributed by atoms with Crippen LogP contribution in [0.15, 0.2) is 30.0 Å². The van der Waals surface area contributed by atoms with Gasteiger partial charge >= 0.3 is 12.1 Å². The summed E-state index contributed by atoms with van der Waals surface area (Å²) in [5, 5.41) is 3.53. The Balaban J connectivity index is 2.06. The molecule has 2 heterocycles. The van der Waals surface area contributed by atoms with Crippen molar-refractivity contribution in [3.8, 4) is 0 Å². The van der Waals surface area contributed by atoms with Crippen LogP contribution in [0.4, 0.5) is 4.79 Å². The zero-order valence-electron chi connectivity index (χ0n) is 24.0. The van der Waals surface area contributed by atoms with Crippen molar-refractivity contribution < 1.29 is 38.4 Å². The van der Waals surface area contributed by atoms with Crippen LogP contribution < -0.4 is 5.32 Å². The van der Waals surface area contributed by atoms with E-state index in [-0.39, 0.29) is 32.7 Å². The number of benzene rings is 1. The van der Waals surface area contributed by atoms with Crippen molar-refractivity contribution in [1.29, 1.82) is 0 Å². The van der Waals surface area contributed by atoms with E-state index in [2.05, 4.69) is 5.32 Å². The summed E-state index contributed by atoms with van der Waals surface area (Å²) in [5.74, 6) is -3.04. The van der Waals surface area contributed by atoms with Gasteiger partial charge in [-0.2, -0.15) is 4.89 Å². The fraction of sp³-hybridized carbons (Fsp3) is 0.571. The number of hydrogen-bond acceptors (Lipinski definition) is 8. The van der Waals surface area contributed by atoms with Gasteiger partial charge < -0.3 is 24.6 Å². The second kappa shape index (κ2) is 13.9. The molecule has 0 unspecified atom stereocenters. The number of methoxy groups -OCH3 is 1. The number of fused-ring (bicyclic) bond motifs is 1. The average molecular weight is 615 g/mol. The summed E-state index contributed by atoms with van der Waals surface area (Å²) >= 11 is 12.5. The molecule has 0 spiro atoms.